The molecule has 1 aliphatic heterocycles. The first-order valence-electron chi connectivity index (χ1n) is 10.8. The topological polar surface area (TPSA) is 212 Å². The minimum absolute atomic E-state index is 0.00138. The highest BCUT2D eigenvalue weighted by atomic mass is 16.3. The average Bonchev–Trinajstić information content (AvgIpc) is 2.84. The molecule has 0 unspecified atom stereocenters. The molecule has 184 valence electrons. The maximum atomic E-state index is 12.9. The van der Waals surface area contributed by atoms with Crippen molar-refractivity contribution in [2.75, 3.05) is 37.6 Å². The van der Waals surface area contributed by atoms with Gasteiger partial charge in [-0.15, -0.1) is 0 Å². The first-order valence-corrected chi connectivity index (χ1v) is 10.8. The number of hydrogen-bond acceptors (Lipinski definition) is 11. The van der Waals surface area contributed by atoms with Crippen molar-refractivity contribution in [3.8, 4) is 11.5 Å². The van der Waals surface area contributed by atoms with Crippen molar-refractivity contribution in [3.05, 3.63) is 48.4 Å². The van der Waals surface area contributed by atoms with E-state index in [2.05, 4.69) is 26.0 Å². The molecule has 0 atom stereocenters. The van der Waals surface area contributed by atoms with Gasteiger partial charge in [0, 0.05) is 29.9 Å². The number of aromatic nitrogens is 1. The lowest BCUT2D eigenvalue weighted by molar-refractivity contribution is 0.0947. The summed E-state index contributed by atoms with van der Waals surface area (Å²) in [6, 6.07) is 1.43. The molecule has 13 heteroatoms. The van der Waals surface area contributed by atoms with E-state index in [1.165, 1.54) is 13.0 Å². The van der Waals surface area contributed by atoms with Crippen molar-refractivity contribution in [2.45, 2.75) is 26.7 Å². The summed E-state index contributed by atoms with van der Waals surface area (Å²) >= 11 is 0. The van der Waals surface area contributed by atoms with Crippen LogP contribution in [0.25, 0.3) is 22.6 Å². The number of amides is 2. The van der Waals surface area contributed by atoms with Crippen molar-refractivity contribution >= 4 is 34.3 Å². The highest BCUT2D eigenvalue weighted by Gasteiger charge is 2.29. The molecule has 0 spiro atoms. The molecule has 1 heterocycles. The van der Waals surface area contributed by atoms with E-state index in [-0.39, 0.29) is 76.8 Å². The summed E-state index contributed by atoms with van der Waals surface area (Å²) in [5, 5.41) is 10.7. The SMILES string of the molecule is Cc1c2oc3c(C)c(N)cc(C(=O)NCCCN=O)c3nc-2c(C(=O)NCCCN=O)c(N)c1=O. The van der Waals surface area contributed by atoms with Crippen LogP contribution >= 0.6 is 0 Å². The number of nitrogens with two attached hydrogens (primary N) is 2. The van der Waals surface area contributed by atoms with Gasteiger partial charge in [-0.3, -0.25) is 14.4 Å². The largest absolute Gasteiger partial charge is 0.452 e. The molecule has 2 aliphatic rings. The number of carbonyl (C=O) groups is 2. The summed E-state index contributed by atoms with van der Waals surface area (Å²) in [6.45, 7) is 3.54. The van der Waals surface area contributed by atoms with E-state index in [1.807, 2.05) is 0 Å². The molecule has 0 bridgehead atoms. The molecule has 1 aromatic rings. The fourth-order valence-electron chi connectivity index (χ4n) is 3.56. The summed E-state index contributed by atoms with van der Waals surface area (Å²) in [4.78, 5) is 63.7. The maximum Gasteiger partial charge on any atom is 0.255 e. The quantitative estimate of drug-likeness (QED) is 0.143. The summed E-state index contributed by atoms with van der Waals surface area (Å²) in [5.41, 5.74) is 12.3. The average molecular weight is 483 g/mol. The number of nitroso groups, excluding NO2 is 2. The Morgan fingerprint density at radius 3 is 2.20 bits per heavy atom. The molecule has 13 nitrogen and oxygen atoms in total. The van der Waals surface area contributed by atoms with E-state index in [4.69, 9.17) is 15.9 Å². The number of fused-ring (bicyclic) bond motifs is 2. The smallest absolute Gasteiger partial charge is 0.255 e. The van der Waals surface area contributed by atoms with E-state index in [0.29, 0.717) is 18.4 Å². The van der Waals surface area contributed by atoms with Crippen LogP contribution in [0.4, 0.5) is 11.4 Å². The zero-order valence-corrected chi connectivity index (χ0v) is 19.3. The molecule has 2 amide bonds. The van der Waals surface area contributed by atoms with E-state index >= 15 is 0 Å². The second-order valence-electron chi connectivity index (χ2n) is 7.87. The number of nitrogens with one attached hydrogen (secondary N) is 2. The Balaban J connectivity index is 2.22. The van der Waals surface area contributed by atoms with E-state index in [9.17, 15) is 24.2 Å². The Bertz CT molecular complexity index is 1350. The molecule has 0 radical (unpaired) electrons. The summed E-state index contributed by atoms with van der Waals surface area (Å²) in [5.74, 6) is -1.17. The van der Waals surface area contributed by atoms with Gasteiger partial charge in [0.1, 0.15) is 11.2 Å². The maximum absolute atomic E-state index is 12.9. The number of hydrogen-bond donors (Lipinski definition) is 4. The molecule has 0 fully saturated rings. The van der Waals surface area contributed by atoms with Gasteiger partial charge >= 0.3 is 0 Å². The number of benzene rings is 2. The Hall–Kier alpha value is -4.42. The molecule has 0 saturated heterocycles. The molecule has 0 aromatic heterocycles. The number of nitrogen functional groups attached to an aromatic ring is 2. The summed E-state index contributed by atoms with van der Waals surface area (Å²) in [6.07, 6.45) is 0.646. The van der Waals surface area contributed by atoms with Gasteiger partial charge < -0.3 is 26.5 Å². The molecule has 35 heavy (non-hydrogen) atoms. The third kappa shape index (κ3) is 4.93. The minimum Gasteiger partial charge on any atom is -0.452 e. The van der Waals surface area contributed by atoms with E-state index in [0.717, 1.165) is 0 Å². The first kappa shape index (κ1) is 25.2. The van der Waals surface area contributed by atoms with Crippen LogP contribution in [-0.4, -0.2) is 43.0 Å². The number of anilines is 2. The second kappa shape index (κ2) is 10.7. The standard InChI is InChI=1S/C22H25N7O6/c1-10-13(23)9-12(21(31)25-5-3-7-27-33)16-19(10)35-20-11(2)18(30)15(24)14(17(20)29-16)22(32)26-6-4-8-28-34/h9H,3-8,23-24H2,1-2H3,(H,25,31)(H,26,32). The van der Waals surface area contributed by atoms with Gasteiger partial charge in [-0.1, -0.05) is 10.4 Å². The molecule has 1 aliphatic carbocycles. The number of rotatable bonds is 10. The predicted molar refractivity (Wildman–Crippen MR) is 130 cm³/mol. The molecule has 1 aromatic carbocycles. The fraction of sp³-hybridized carbons (Fsp3) is 0.364. The van der Waals surface area contributed by atoms with Crippen LogP contribution in [0.5, 0.6) is 0 Å². The predicted octanol–water partition coefficient (Wildman–Crippen LogP) is 1.85. The lowest BCUT2D eigenvalue weighted by Gasteiger charge is -2.18. The highest BCUT2D eigenvalue weighted by Crippen LogP contribution is 2.35. The van der Waals surface area contributed by atoms with Crippen LogP contribution in [0, 0.1) is 23.7 Å². The van der Waals surface area contributed by atoms with E-state index in [1.54, 1.807) is 6.92 Å². The van der Waals surface area contributed by atoms with Gasteiger partial charge in [0.2, 0.25) is 5.43 Å². The van der Waals surface area contributed by atoms with Gasteiger partial charge in [0.05, 0.1) is 29.9 Å². The van der Waals surface area contributed by atoms with Crippen LogP contribution in [-0.2, 0) is 0 Å². The van der Waals surface area contributed by atoms with Crippen LogP contribution < -0.4 is 27.5 Å². The van der Waals surface area contributed by atoms with Crippen LogP contribution in [0.1, 0.15) is 44.7 Å². The van der Waals surface area contributed by atoms with Gasteiger partial charge in [0.15, 0.2) is 11.3 Å². The fourth-order valence-corrected chi connectivity index (χ4v) is 3.56. The monoisotopic (exact) mass is 483 g/mol. The van der Waals surface area contributed by atoms with Crippen molar-refractivity contribution in [1.82, 2.24) is 15.6 Å². The van der Waals surface area contributed by atoms with E-state index < -0.39 is 17.2 Å². The Morgan fingerprint density at radius 1 is 1.00 bits per heavy atom. The van der Waals surface area contributed by atoms with Crippen LogP contribution in [0.15, 0.2) is 25.6 Å². The Morgan fingerprint density at radius 2 is 1.60 bits per heavy atom. The lowest BCUT2D eigenvalue weighted by atomic mass is 9.99. The zero-order chi connectivity index (χ0) is 25.7. The zero-order valence-electron chi connectivity index (χ0n) is 19.3. The summed E-state index contributed by atoms with van der Waals surface area (Å²) < 4.78 is 6.02. The third-order valence-corrected chi connectivity index (χ3v) is 5.51. The van der Waals surface area contributed by atoms with Crippen molar-refractivity contribution in [2.24, 2.45) is 10.4 Å². The molecular formula is C22H25N7O6. The summed E-state index contributed by atoms with van der Waals surface area (Å²) in [7, 11) is 0. The van der Waals surface area contributed by atoms with Crippen LogP contribution in [0.3, 0.4) is 0 Å². The Labute approximate surface area is 198 Å². The molecule has 3 rings (SSSR count). The lowest BCUT2D eigenvalue weighted by Crippen LogP contribution is -2.30. The Kier molecular flexibility index (Phi) is 7.69. The number of aryl methyl sites for hydroxylation is 1. The van der Waals surface area contributed by atoms with Crippen molar-refractivity contribution < 1.29 is 14.0 Å². The molecule has 6 N–H and O–H groups in total. The molecule has 0 saturated carbocycles. The third-order valence-electron chi connectivity index (χ3n) is 5.51. The first-order chi connectivity index (χ1) is 16.7. The van der Waals surface area contributed by atoms with Gasteiger partial charge in [-0.25, -0.2) is 4.98 Å². The molecular weight excluding hydrogens is 458 g/mol. The minimum atomic E-state index is -0.683. The van der Waals surface area contributed by atoms with Gasteiger partial charge in [-0.05, 0) is 32.8 Å². The number of carbonyl (C=O) groups excluding carboxylic acids is 2. The normalized spacial score (nSPS) is 10.9. The number of nitrogens with zero attached hydrogens (tertiary/aromatic N) is 3. The highest BCUT2D eigenvalue weighted by molar-refractivity contribution is 6.09. The van der Waals surface area contributed by atoms with Crippen molar-refractivity contribution in [3.63, 3.8) is 0 Å². The van der Waals surface area contributed by atoms with Crippen LogP contribution in [0.2, 0.25) is 0 Å². The van der Waals surface area contributed by atoms with Gasteiger partial charge in [0.25, 0.3) is 11.8 Å². The second-order valence-corrected chi connectivity index (χ2v) is 7.87. The van der Waals surface area contributed by atoms with Gasteiger partial charge in [-0.2, -0.15) is 9.81 Å². The van der Waals surface area contributed by atoms with Crippen molar-refractivity contribution in [1.29, 1.82) is 0 Å².